The normalized spacial score (nSPS) is 12.9. The van der Waals surface area contributed by atoms with Crippen LogP contribution in [0.5, 0.6) is 0 Å². The maximum atomic E-state index is 12.8. The molecule has 0 aromatic carbocycles. The van der Waals surface area contributed by atoms with E-state index in [0.29, 0.717) is 32.1 Å². The zero-order valence-electron chi connectivity index (χ0n) is 40.7. The van der Waals surface area contributed by atoms with Crippen molar-refractivity contribution in [3.8, 4) is 0 Å². The minimum absolute atomic E-state index is 0.103. The van der Waals surface area contributed by atoms with E-state index in [1.807, 2.05) is 0 Å². The van der Waals surface area contributed by atoms with Gasteiger partial charge in [0.15, 0.2) is 6.10 Å². The number of aliphatic hydroxyl groups is 2. The van der Waals surface area contributed by atoms with Crippen molar-refractivity contribution in [1.82, 2.24) is 0 Å². The second-order valence-electron chi connectivity index (χ2n) is 18.5. The lowest BCUT2D eigenvalue weighted by Crippen LogP contribution is -2.30. The number of aliphatic hydroxyl groups excluding tert-OH is 2. The lowest BCUT2D eigenvalue weighted by molar-refractivity contribution is -0.167. The maximum absolute atomic E-state index is 12.8. The van der Waals surface area contributed by atoms with Crippen LogP contribution < -0.4 is 0 Å². The lowest BCUT2D eigenvalue weighted by Gasteiger charge is -2.18. The van der Waals surface area contributed by atoms with Gasteiger partial charge in [0.25, 0.3) is 0 Å². The Morgan fingerprint density at radius 1 is 0.328 bits per heavy atom. The van der Waals surface area contributed by atoms with Crippen molar-refractivity contribution in [2.45, 2.75) is 309 Å². The summed E-state index contributed by atoms with van der Waals surface area (Å²) in [6.45, 7) is 6.50. The van der Waals surface area contributed by atoms with Gasteiger partial charge in [-0.1, -0.05) is 239 Å². The lowest BCUT2D eigenvalue weighted by atomic mass is 9.99. The average Bonchev–Trinajstić information content (AvgIpc) is 3.25. The van der Waals surface area contributed by atoms with Crippen LogP contribution in [0.3, 0.4) is 0 Å². The summed E-state index contributed by atoms with van der Waals surface area (Å²) < 4.78 is 16.7. The molecule has 8 nitrogen and oxygen atoms in total. The summed E-state index contributed by atoms with van der Waals surface area (Å²) in [5.41, 5.74) is 0. The number of esters is 3. The molecule has 0 spiro atoms. The second kappa shape index (κ2) is 47.8. The molecule has 61 heavy (non-hydrogen) atoms. The van der Waals surface area contributed by atoms with E-state index >= 15 is 0 Å². The number of carbonyl (C=O) groups is 3. The van der Waals surface area contributed by atoms with Gasteiger partial charge in [-0.3, -0.25) is 14.4 Å². The molecule has 0 radical (unpaired) electrons. The number of rotatable bonds is 49. The van der Waals surface area contributed by atoms with Crippen LogP contribution in [-0.4, -0.2) is 59.6 Å². The first-order valence-corrected chi connectivity index (χ1v) is 26.7. The monoisotopic (exact) mass is 867 g/mol. The number of hydrogen-bond acceptors (Lipinski definition) is 8. The molecule has 0 fully saturated rings. The highest BCUT2D eigenvalue weighted by Gasteiger charge is 2.20. The minimum Gasteiger partial charge on any atom is -0.462 e. The van der Waals surface area contributed by atoms with Gasteiger partial charge in [0.1, 0.15) is 13.2 Å². The summed E-state index contributed by atoms with van der Waals surface area (Å²) in [6.07, 6.45) is 43.6. The predicted molar refractivity (Wildman–Crippen MR) is 255 cm³/mol. The van der Waals surface area contributed by atoms with E-state index in [0.717, 1.165) is 77.0 Å². The van der Waals surface area contributed by atoms with Crippen LogP contribution in [0.1, 0.15) is 290 Å². The highest BCUT2D eigenvalue weighted by atomic mass is 16.6. The topological polar surface area (TPSA) is 119 Å². The van der Waals surface area contributed by atoms with Crippen molar-refractivity contribution in [1.29, 1.82) is 0 Å². The molecule has 0 bridgehead atoms. The van der Waals surface area contributed by atoms with E-state index in [4.69, 9.17) is 14.2 Å². The van der Waals surface area contributed by atoms with E-state index in [2.05, 4.69) is 20.8 Å². The minimum atomic E-state index is -0.808. The molecule has 0 aliphatic heterocycles. The third-order valence-corrected chi connectivity index (χ3v) is 12.3. The number of ether oxygens (including phenoxy) is 3. The van der Waals surface area contributed by atoms with Crippen molar-refractivity contribution in [2.24, 2.45) is 0 Å². The molecule has 0 aliphatic rings. The zero-order chi connectivity index (χ0) is 44.7. The van der Waals surface area contributed by atoms with Crippen molar-refractivity contribution in [3.63, 3.8) is 0 Å². The molecule has 0 heterocycles. The van der Waals surface area contributed by atoms with Crippen LogP contribution in [-0.2, 0) is 28.6 Å². The SMILES string of the molecule is CCCCCCCCCCCCCCCC(=O)OCC(COC(=O)CCCCCCCC(O)C(O)CCCCCCCC)OC(=O)CCCCCCCCCCCCCCC. The Kier molecular flexibility index (Phi) is 46.5. The fraction of sp³-hybridized carbons (Fsp3) is 0.943. The third-order valence-electron chi connectivity index (χ3n) is 12.3. The van der Waals surface area contributed by atoms with Crippen LogP contribution in [0, 0.1) is 0 Å². The molecule has 362 valence electrons. The molecule has 0 aromatic heterocycles. The molecule has 0 aromatic rings. The zero-order valence-corrected chi connectivity index (χ0v) is 40.7. The van der Waals surface area contributed by atoms with Crippen LogP contribution in [0.4, 0.5) is 0 Å². The van der Waals surface area contributed by atoms with Gasteiger partial charge < -0.3 is 24.4 Å². The van der Waals surface area contributed by atoms with Gasteiger partial charge in [-0.15, -0.1) is 0 Å². The van der Waals surface area contributed by atoms with Crippen LogP contribution in [0.2, 0.25) is 0 Å². The van der Waals surface area contributed by atoms with Crippen LogP contribution >= 0.6 is 0 Å². The Balaban J connectivity index is 4.41. The molecule has 0 saturated heterocycles. The quantitative estimate of drug-likeness (QED) is 0.0352. The molecule has 0 aliphatic carbocycles. The standard InChI is InChI=1S/C53H102O8/c1-4-7-10-13-16-18-20-22-24-26-28-33-38-43-51(56)59-46-48(61-53(58)45-40-34-29-27-25-23-21-19-17-14-11-8-5-2)47-60-52(57)44-39-35-30-32-37-42-50(55)49(54)41-36-31-15-12-9-6-3/h48-50,54-55H,4-47H2,1-3H3. The van der Waals surface area contributed by atoms with Crippen LogP contribution in [0.25, 0.3) is 0 Å². The Labute approximate surface area is 377 Å². The molecule has 8 heteroatoms. The smallest absolute Gasteiger partial charge is 0.306 e. The summed E-state index contributed by atoms with van der Waals surface area (Å²) >= 11 is 0. The summed E-state index contributed by atoms with van der Waals surface area (Å²) in [5.74, 6) is -0.979. The summed E-state index contributed by atoms with van der Waals surface area (Å²) in [4.78, 5) is 38.0. The van der Waals surface area contributed by atoms with Gasteiger partial charge in [-0.05, 0) is 32.1 Å². The summed E-state index contributed by atoms with van der Waals surface area (Å²) in [5, 5.41) is 20.6. The van der Waals surface area contributed by atoms with E-state index in [9.17, 15) is 24.6 Å². The second-order valence-corrected chi connectivity index (χ2v) is 18.5. The van der Waals surface area contributed by atoms with Gasteiger partial charge in [0, 0.05) is 19.3 Å². The van der Waals surface area contributed by atoms with Gasteiger partial charge in [-0.25, -0.2) is 0 Å². The molecule has 0 saturated carbocycles. The fourth-order valence-electron chi connectivity index (χ4n) is 8.12. The number of carbonyl (C=O) groups excluding carboxylic acids is 3. The summed E-state index contributed by atoms with van der Waals surface area (Å²) in [6, 6.07) is 0. The molecule has 2 N–H and O–H groups in total. The molecule has 0 amide bonds. The van der Waals surface area contributed by atoms with Crippen molar-refractivity contribution in [2.75, 3.05) is 13.2 Å². The highest BCUT2D eigenvalue weighted by Crippen LogP contribution is 2.18. The molecular formula is C53H102O8. The molecule has 3 atom stereocenters. The first kappa shape index (κ1) is 59.3. The predicted octanol–water partition coefficient (Wildman–Crippen LogP) is 15.2. The number of hydrogen-bond donors (Lipinski definition) is 2. The van der Waals surface area contributed by atoms with E-state index in [1.165, 1.54) is 154 Å². The van der Waals surface area contributed by atoms with Crippen molar-refractivity contribution >= 4 is 17.9 Å². The Hall–Kier alpha value is -1.67. The molecule has 3 unspecified atom stereocenters. The number of unbranched alkanes of at least 4 members (excludes halogenated alkanes) is 33. The van der Waals surface area contributed by atoms with Crippen molar-refractivity contribution in [3.05, 3.63) is 0 Å². The fourth-order valence-corrected chi connectivity index (χ4v) is 8.12. The van der Waals surface area contributed by atoms with Crippen LogP contribution in [0.15, 0.2) is 0 Å². The van der Waals surface area contributed by atoms with Gasteiger partial charge >= 0.3 is 17.9 Å². The molecule has 0 rings (SSSR count). The van der Waals surface area contributed by atoms with Gasteiger partial charge in [0.05, 0.1) is 12.2 Å². The Bertz CT molecular complexity index is 941. The first-order valence-electron chi connectivity index (χ1n) is 26.7. The van der Waals surface area contributed by atoms with E-state index in [-0.39, 0.29) is 37.5 Å². The van der Waals surface area contributed by atoms with Crippen molar-refractivity contribution < 1.29 is 38.8 Å². The molecular weight excluding hydrogens is 765 g/mol. The average molecular weight is 867 g/mol. The third kappa shape index (κ3) is 44.7. The van der Waals surface area contributed by atoms with E-state index < -0.39 is 18.3 Å². The van der Waals surface area contributed by atoms with Gasteiger partial charge in [-0.2, -0.15) is 0 Å². The highest BCUT2D eigenvalue weighted by molar-refractivity contribution is 5.71. The van der Waals surface area contributed by atoms with E-state index in [1.54, 1.807) is 0 Å². The summed E-state index contributed by atoms with van der Waals surface area (Å²) in [7, 11) is 0. The largest absolute Gasteiger partial charge is 0.462 e. The first-order chi connectivity index (χ1) is 29.8. The maximum Gasteiger partial charge on any atom is 0.306 e. The van der Waals surface area contributed by atoms with Gasteiger partial charge in [0.2, 0.25) is 0 Å². The Morgan fingerprint density at radius 2 is 0.557 bits per heavy atom. The Morgan fingerprint density at radius 3 is 0.836 bits per heavy atom.